The molecule has 2 heterocycles. The SMILES string of the molecule is C=CNC(=S)Oc1cc2oc(=O)c(Cc3ccnc(NS(=O)NC)c3F)c(C)c2cc1C.CC. The number of hydrogen-bond donors (Lipinski definition) is 3. The van der Waals surface area contributed by atoms with Crippen molar-refractivity contribution >= 4 is 45.4 Å². The molecule has 1 atom stereocenters. The lowest BCUT2D eigenvalue weighted by atomic mass is 9.98. The molecule has 3 N–H and O–H groups in total. The Morgan fingerprint density at radius 1 is 1.35 bits per heavy atom. The van der Waals surface area contributed by atoms with Crippen LogP contribution in [0.4, 0.5) is 10.2 Å². The number of rotatable bonds is 7. The largest absolute Gasteiger partial charge is 0.431 e. The van der Waals surface area contributed by atoms with Gasteiger partial charge in [0, 0.05) is 29.6 Å². The van der Waals surface area contributed by atoms with Crippen molar-refractivity contribution in [2.45, 2.75) is 34.1 Å². The van der Waals surface area contributed by atoms with Crippen molar-refractivity contribution in [3.05, 3.63) is 75.7 Å². The number of nitrogens with one attached hydrogen (secondary N) is 3. The molecule has 0 amide bonds. The third-order valence-electron chi connectivity index (χ3n) is 4.72. The van der Waals surface area contributed by atoms with E-state index in [1.165, 1.54) is 25.5 Å². The standard InChI is InChI=1S/C21H21FN4O4S2.C2H6/c1-5-24-21(31)30-16-10-17-14(8-11(16)2)12(3)15(20(27)29-17)9-13-6-7-25-19(18(13)22)26-32(28)23-4;1-2/h5-8,10,23H,1,9H2,2-4H3,(H,24,31)(H,25,26);1-2H3. The molecule has 0 saturated carbocycles. The van der Waals surface area contributed by atoms with E-state index in [0.29, 0.717) is 27.8 Å². The minimum Gasteiger partial charge on any atom is -0.431 e. The van der Waals surface area contributed by atoms with Crippen LogP contribution >= 0.6 is 12.2 Å². The maximum Gasteiger partial charge on any atom is 0.340 e. The number of anilines is 1. The highest BCUT2D eigenvalue weighted by molar-refractivity contribution is 7.84. The number of pyridine rings is 1. The fourth-order valence-corrected chi connectivity index (χ4v) is 3.67. The Kier molecular flexibility index (Phi) is 9.84. The second kappa shape index (κ2) is 12.4. The summed E-state index contributed by atoms with van der Waals surface area (Å²) in [7, 11) is 1.45. The normalized spacial score (nSPS) is 11.2. The van der Waals surface area contributed by atoms with Crippen LogP contribution < -0.4 is 25.1 Å². The van der Waals surface area contributed by atoms with Gasteiger partial charge >= 0.3 is 5.63 Å². The third kappa shape index (κ3) is 6.25. The molecule has 0 aliphatic heterocycles. The van der Waals surface area contributed by atoms with Gasteiger partial charge in [-0.25, -0.2) is 23.1 Å². The molecule has 3 rings (SSSR count). The van der Waals surface area contributed by atoms with Gasteiger partial charge in [-0.15, -0.1) is 0 Å². The molecule has 1 aromatic carbocycles. The maximum absolute atomic E-state index is 14.9. The molecule has 182 valence electrons. The summed E-state index contributed by atoms with van der Waals surface area (Å²) in [6, 6.07) is 4.86. The summed E-state index contributed by atoms with van der Waals surface area (Å²) in [6.07, 6.45) is 2.74. The minimum atomic E-state index is -1.69. The summed E-state index contributed by atoms with van der Waals surface area (Å²) in [6.45, 7) is 11.1. The summed E-state index contributed by atoms with van der Waals surface area (Å²) >= 11 is 3.36. The second-order valence-corrected chi connectivity index (χ2v) is 8.25. The molecular weight excluding hydrogens is 479 g/mol. The van der Waals surface area contributed by atoms with Crippen molar-refractivity contribution in [1.82, 2.24) is 15.0 Å². The zero-order valence-electron chi connectivity index (χ0n) is 19.6. The van der Waals surface area contributed by atoms with Gasteiger partial charge in [-0.05, 0) is 68.1 Å². The van der Waals surface area contributed by atoms with Gasteiger partial charge in [0.2, 0.25) is 0 Å². The van der Waals surface area contributed by atoms with Crippen molar-refractivity contribution in [2.75, 3.05) is 11.8 Å². The van der Waals surface area contributed by atoms with E-state index in [1.54, 1.807) is 13.0 Å². The molecule has 1 unspecified atom stereocenters. The molecule has 0 radical (unpaired) electrons. The Morgan fingerprint density at radius 3 is 2.71 bits per heavy atom. The number of nitrogens with zero attached hydrogens (tertiary/aromatic N) is 1. The number of halogens is 1. The Hall–Kier alpha value is -3.15. The van der Waals surface area contributed by atoms with Crippen LogP contribution in [-0.2, 0) is 17.6 Å². The molecule has 0 fully saturated rings. The first-order valence-corrected chi connectivity index (χ1v) is 12.0. The molecule has 0 aliphatic rings. The highest BCUT2D eigenvalue weighted by Crippen LogP contribution is 2.29. The monoisotopic (exact) mass is 506 g/mol. The Balaban J connectivity index is 0.00000199. The van der Waals surface area contributed by atoms with E-state index in [2.05, 4.69) is 26.3 Å². The smallest absolute Gasteiger partial charge is 0.340 e. The molecule has 2 aromatic heterocycles. The first-order chi connectivity index (χ1) is 16.2. The molecule has 8 nitrogen and oxygen atoms in total. The van der Waals surface area contributed by atoms with Crippen molar-refractivity contribution in [3.63, 3.8) is 0 Å². The lowest BCUT2D eigenvalue weighted by Gasteiger charge is -2.13. The van der Waals surface area contributed by atoms with E-state index < -0.39 is 22.6 Å². The van der Waals surface area contributed by atoms with Crippen LogP contribution in [0.2, 0.25) is 0 Å². The highest BCUT2D eigenvalue weighted by atomic mass is 32.2. The van der Waals surface area contributed by atoms with E-state index in [0.717, 1.165) is 5.56 Å². The van der Waals surface area contributed by atoms with Gasteiger partial charge in [0.25, 0.3) is 5.17 Å². The molecule has 0 bridgehead atoms. The zero-order chi connectivity index (χ0) is 25.4. The first-order valence-electron chi connectivity index (χ1n) is 10.4. The predicted octanol–water partition coefficient (Wildman–Crippen LogP) is 4.17. The van der Waals surface area contributed by atoms with E-state index in [4.69, 9.17) is 21.4 Å². The molecule has 0 saturated heterocycles. The van der Waals surface area contributed by atoms with Gasteiger partial charge in [0.1, 0.15) is 11.3 Å². The fourth-order valence-electron chi connectivity index (χ4n) is 3.07. The average molecular weight is 507 g/mol. The Labute approximate surface area is 205 Å². The summed E-state index contributed by atoms with van der Waals surface area (Å²) in [4.78, 5) is 16.6. The molecule has 0 spiro atoms. The number of fused-ring (bicyclic) bond motifs is 1. The lowest BCUT2D eigenvalue weighted by Crippen LogP contribution is -2.21. The van der Waals surface area contributed by atoms with E-state index in [-0.39, 0.29) is 23.0 Å². The summed E-state index contributed by atoms with van der Waals surface area (Å²) in [5.74, 6) is -0.446. The van der Waals surface area contributed by atoms with Crippen molar-refractivity contribution in [2.24, 2.45) is 0 Å². The van der Waals surface area contributed by atoms with Crippen LogP contribution in [0.3, 0.4) is 0 Å². The minimum absolute atomic E-state index is 0.0238. The molecule has 11 heteroatoms. The van der Waals surface area contributed by atoms with Gasteiger partial charge in [-0.3, -0.25) is 4.72 Å². The van der Waals surface area contributed by atoms with Gasteiger partial charge < -0.3 is 14.5 Å². The van der Waals surface area contributed by atoms with Gasteiger partial charge in [0.15, 0.2) is 22.8 Å². The van der Waals surface area contributed by atoms with Crippen LogP contribution in [0.25, 0.3) is 11.0 Å². The Morgan fingerprint density at radius 2 is 2.06 bits per heavy atom. The van der Waals surface area contributed by atoms with E-state index in [9.17, 15) is 13.4 Å². The van der Waals surface area contributed by atoms with Crippen LogP contribution in [0.5, 0.6) is 5.75 Å². The summed E-state index contributed by atoms with van der Waals surface area (Å²) < 4.78 is 42.4. The van der Waals surface area contributed by atoms with Crippen LogP contribution in [-0.4, -0.2) is 21.4 Å². The third-order valence-corrected chi connectivity index (χ3v) is 5.67. The quantitative estimate of drug-likeness (QED) is 0.326. The van der Waals surface area contributed by atoms with Crippen molar-refractivity contribution in [1.29, 1.82) is 0 Å². The van der Waals surface area contributed by atoms with E-state index >= 15 is 0 Å². The zero-order valence-corrected chi connectivity index (χ0v) is 21.2. The topological polar surface area (TPSA) is 105 Å². The van der Waals surface area contributed by atoms with Crippen LogP contribution in [0.1, 0.15) is 36.1 Å². The lowest BCUT2D eigenvalue weighted by molar-refractivity contribution is 0.528. The average Bonchev–Trinajstić information content (AvgIpc) is 2.81. The first kappa shape index (κ1) is 27.1. The molecule has 3 aromatic rings. The number of aryl methyl sites for hydroxylation is 2. The van der Waals surface area contributed by atoms with Gasteiger partial charge in [0.05, 0.1) is 0 Å². The molecule has 34 heavy (non-hydrogen) atoms. The van der Waals surface area contributed by atoms with Gasteiger partial charge in [-0.1, -0.05) is 20.4 Å². The number of hydrogen-bond acceptors (Lipinski definition) is 6. The number of ether oxygens (including phenoxy) is 1. The molecular formula is C23H27FN4O4S2. The van der Waals surface area contributed by atoms with Gasteiger partial charge in [-0.2, -0.15) is 0 Å². The molecule has 0 aliphatic carbocycles. The van der Waals surface area contributed by atoms with Crippen molar-refractivity contribution in [3.8, 4) is 5.75 Å². The number of aromatic nitrogens is 1. The summed E-state index contributed by atoms with van der Waals surface area (Å²) in [5.41, 5.74) is 1.66. The fraction of sp³-hybridized carbons (Fsp3) is 0.261. The number of benzene rings is 1. The van der Waals surface area contributed by atoms with Crippen LogP contribution in [0, 0.1) is 19.7 Å². The number of thiocarbonyl (C=S) groups is 1. The van der Waals surface area contributed by atoms with Crippen molar-refractivity contribution < 1.29 is 17.8 Å². The second-order valence-electron chi connectivity index (χ2n) is 6.73. The summed E-state index contributed by atoms with van der Waals surface area (Å²) in [5, 5.41) is 3.46. The maximum atomic E-state index is 14.9. The van der Waals surface area contributed by atoms with Crippen LogP contribution in [0.15, 0.2) is 46.4 Å². The van der Waals surface area contributed by atoms with E-state index in [1.807, 2.05) is 26.8 Å². The Bertz CT molecular complexity index is 1290. The predicted molar refractivity (Wildman–Crippen MR) is 138 cm³/mol. The highest BCUT2D eigenvalue weighted by Gasteiger charge is 2.18.